The lowest BCUT2D eigenvalue weighted by atomic mass is 9.93. The Morgan fingerprint density at radius 3 is 1.22 bits per heavy atom. The van der Waals surface area contributed by atoms with Crippen molar-refractivity contribution in [3.05, 3.63) is 174 Å². The Kier molecular flexibility index (Phi) is 18.1. The molecule has 0 atom stereocenters. The third-order valence-electron chi connectivity index (χ3n) is 8.87. The van der Waals surface area contributed by atoms with Crippen molar-refractivity contribution in [3.63, 3.8) is 0 Å². The zero-order chi connectivity index (χ0) is 46.2. The largest absolute Gasteiger partial charge is 0.692 e. The highest BCUT2D eigenvalue weighted by Gasteiger charge is 2.25. The van der Waals surface area contributed by atoms with Crippen LogP contribution in [0.15, 0.2) is 152 Å². The number of hydrogen-bond donors (Lipinski definition) is 9. The lowest BCUT2D eigenvalue weighted by Gasteiger charge is -2.13. The third kappa shape index (κ3) is 14.0. The van der Waals surface area contributed by atoms with Gasteiger partial charge in [-0.2, -0.15) is 0 Å². The first kappa shape index (κ1) is 48.6. The fourth-order valence-corrected chi connectivity index (χ4v) is 6.81. The summed E-state index contributed by atoms with van der Waals surface area (Å²) >= 11 is 0. The van der Waals surface area contributed by atoms with Gasteiger partial charge in [0.2, 0.25) is 0 Å². The van der Waals surface area contributed by atoms with Crippen LogP contribution in [0, 0.1) is 0 Å². The smallest absolute Gasteiger partial charge is 0.355 e. The van der Waals surface area contributed by atoms with Crippen LogP contribution in [0.25, 0.3) is 85.4 Å². The van der Waals surface area contributed by atoms with Gasteiger partial charge in [-0.25, -0.2) is 9.97 Å². The quantitative estimate of drug-likeness (QED) is 0.0743. The van der Waals surface area contributed by atoms with E-state index in [-0.39, 0.29) is 0 Å². The van der Waals surface area contributed by atoms with Crippen molar-refractivity contribution in [2.45, 2.75) is 0 Å². The van der Waals surface area contributed by atoms with E-state index >= 15 is 0 Å². The highest BCUT2D eigenvalue weighted by atomic mass is 31.1. The number of aromatic nitrogens is 4. The molecule has 5 heterocycles. The molecule has 0 amide bonds. The van der Waals surface area contributed by atoms with Crippen molar-refractivity contribution in [2.75, 3.05) is 0 Å². The fraction of sp³-hybridized carbons (Fsp3) is 0. The SMILES string of the molecule is C1=Cc2cc3c(-c4ccccc4)c(-c4ccccc4)c(c(-c4ccccc4)c4nc(cc5ccc(cc1n2)[nH]5)C=C4)n3-c1ccccc1.O=[P+](O)O.O=[P+](O)O.O=[P+](O)O.O=[P+](O)O. The molecule has 0 saturated carbocycles. The highest BCUT2D eigenvalue weighted by Crippen LogP contribution is 2.47. The van der Waals surface area contributed by atoms with Crippen molar-refractivity contribution in [1.29, 1.82) is 0 Å². The van der Waals surface area contributed by atoms with Gasteiger partial charge in [0.25, 0.3) is 0 Å². The number of hydrogen-bond acceptors (Lipinski definition) is 6. The number of benzene rings is 4. The molecular weight excluding hydrogens is 900 g/mol. The van der Waals surface area contributed by atoms with E-state index in [4.69, 9.17) is 67.4 Å². The van der Waals surface area contributed by atoms with Gasteiger partial charge in [-0.05, 0) is 83.5 Å². The van der Waals surface area contributed by atoms with Crippen LogP contribution >= 0.6 is 33.0 Å². The fourth-order valence-electron chi connectivity index (χ4n) is 6.81. The summed E-state index contributed by atoms with van der Waals surface area (Å²) in [6, 6.07) is 53.3. The Labute approximate surface area is 368 Å². The van der Waals surface area contributed by atoms with Gasteiger partial charge in [0.15, 0.2) is 0 Å². The number of nitrogens with one attached hydrogen (secondary N) is 1. The lowest BCUT2D eigenvalue weighted by Crippen LogP contribution is -1.97. The molecule has 20 heteroatoms. The Bertz CT molecular complexity index is 2940. The molecule has 4 aromatic carbocycles. The molecule has 9 rings (SSSR count). The maximum absolute atomic E-state index is 8.70. The van der Waals surface area contributed by atoms with Crippen LogP contribution in [0.1, 0.15) is 22.8 Å². The maximum atomic E-state index is 8.70. The first-order chi connectivity index (χ1) is 30.7. The molecule has 322 valence electrons. The molecule has 0 unspecified atom stereocenters. The monoisotopic (exact) mass is 938 g/mol. The Morgan fingerprint density at radius 2 is 0.766 bits per heavy atom. The molecule has 2 aliphatic rings. The molecule has 7 aromatic rings. The van der Waals surface area contributed by atoms with E-state index in [1.807, 2.05) is 0 Å². The summed E-state index contributed by atoms with van der Waals surface area (Å²) in [5.41, 5.74) is 15.4. The predicted molar refractivity (Wildman–Crippen MR) is 248 cm³/mol. The van der Waals surface area contributed by atoms with Crippen LogP contribution in [0.5, 0.6) is 0 Å². The second kappa shape index (κ2) is 23.9. The molecule has 0 aliphatic carbocycles. The van der Waals surface area contributed by atoms with E-state index in [0.29, 0.717) is 0 Å². The Hall–Kier alpha value is -6.44. The van der Waals surface area contributed by atoms with Crippen LogP contribution < -0.4 is 0 Å². The van der Waals surface area contributed by atoms with Crippen molar-refractivity contribution in [1.82, 2.24) is 19.5 Å². The molecular formula is C44H38N4O12P4+4. The van der Waals surface area contributed by atoms with Crippen molar-refractivity contribution in [3.8, 4) is 39.1 Å². The Balaban J connectivity index is 0.000000419. The van der Waals surface area contributed by atoms with E-state index in [2.05, 4.69) is 186 Å². The third-order valence-corrected chi connectivity index (χ3v) is 8.87. The Morgan fingerprint density at radius 1 is 0.406 bits per heavy atom. The normalized spacial score (nSPS) is 10.6. The minimum absolute atomic E-state index is 0.889. The van der Waals surface area contributed by atoms with Gasteiger partial charge >= 0.3 is 33.0 Å². The van der Waals surface area contributed by atoms with E-state index in [1.54, 1.807) is 0 Å². The number of H-pyrrole nitrogens is 1. The van der Waals surface area contributed by atoms with Crippen LogP contribution in [-0.2, 0) is 18.3 Å². The second-order valence-electron chi connectivity index (χ2n) is 13.0. The first-order valence-corrected chi connectivity index (χ1v) is 23.2. The molecule has 0 radical (unpaired) electrons. The summed E-state index contributed by atoms with van der Waals surface area (Å²) in [5.74, 6) is 0. The van der Waals surface area contributed by atoms with Gasteiger partial charge in [-0.15, -0.1) is 39.1 Å². The summed E-state index contributed by atoms with van der Waals surface area (Å²) < 4.78 is 37.2. The molecule has 9 N–H and O–H groups in total. The lowest BCUT2D eigenvalue weighted by molar-refractivity contribution is 0.403. The standard InChI is InChI=1S/C44H30N4.4HO3P/c1-5-13-30(14-6-1)41-39-26-25-36(47-39)28-35-22-21-33(45-35)27-34-23-24-37(46-34)29-40-42(31-15-7-2-8-16-31)43(32-17-9-3-10-18-32)44(41)48(40)38-19-11-4-12-20-38;4*1-4(2)3/h1-29,45H;4*(H-,1,2,3)/p+4. The van der Waals surface area contributed by atoms with Crippen LogP contribution in [0.4, 0.5) is 0 Å². The molecule has 3 aromatic heterocycles. The van der Waals surface area contributed by atoms with Crippen LogP contribution in [0.2, 0.25) is 0 Å². The topological polar surface area (TPSA) is 277 Å². The van der Waals surface area contributed by atoms with Crippen LogP contribution in [-0.4, -0.2) is 58.7 Å². The van der Waals surface area contributed by atoms with Gasteiger partial charge in [0.1, 0.15) is 0 Å². The minimum Gasteiger partial charge on any atom is -0.355 e. The van der Waals surface area contributed by atoms with E-state index in [1.165, 1.54) is 0 Å². The molecule has 0 spiro atoms. The van der Waals surface area contributed by atoms with Crippen LogP contribution in [0.3, 0.4) is 0 Å². The number of fused-ring (bicyclic) bond motifs is 8. The van der Waals surface area contributed by atoms with Crippen molar-refractivity contribution >= 4 is 79.4 Å². The van der Waals surface area contributed by atoms with Gasteiger partial charge in [-0.3, -0.25) is 0 Å². The highest BCUT2D eigenvalue weighted by molar-refractivity contribution is 7.31. The van der Waals surface area contributed by atoms with Gasteiger partial charge in [0.05, 0.1) is 33.8 Å². The molecule has 0 saturated heterocycles. The van der Waals surface area contributed by atoms with Crippen molar-refractivity contribution < 1.29 is 57.4 Å². The number of nitrogens with zero attached hydrogens (tertiary/aromatic N) is 3. The zero-order valence-corrected chi connectivity index (χ0v) is 36.7. The minimum atomic E-state index is -2.87. The summed E-state index contributed by atoms with van der Waals surface area (Å²) in [7, 11) is -11.5. The number of aromatic amines is 1. The van der Waals surface area contributed by atoms with E-state index in [0.717, 1.165) is 83.9 Å². The summed E-state index contributed by atoms with van der Waals surface area (Å²) in [6.07, 6.45) is 8.44. The average Bonchev–Trinajstić information content (AvgIpc) is 4.07. The van der Waals surface area contributed by atoms with Gasteiger partial charge in [0, 0.05) is 51.7 Å². The van der Waals surface area contributed by atoms with E-state index < -0.39 is 33.0 Å². The van der Waals surface area contributed by atoms with Gasteiger partial charge < -0.3 is 9.55 Å². The molecule has 2 aliphatic heterocycles. The molecule has 16 nitrogen and oxygen atoms in total. The summed E-state index contributed by atoms with van der Waals surface area (Å²) in [5, 5.41) is 0. The summed E-state index contributed by atoms with van der Waals surface area (Å²) in [6.45, 7) is 0. The maximum Gasteiger partial charge on any atom is 0.692 e. The van der Waals surface area contributed by atoms with Gasteiger partial charge in [-0.1, -0.05) is 109 Å². The molecule has 0 fully saturated rings. The predicted octanol–water partition coefficient (Wildman–Crippen LogP) is 9.63. The van der Waals surface area contributed by atoms with Crippen molar-refractivity contribution in [2.24, 2.45) is 0 Å². The first-order valence-electron chi connectivity index (χ1n) is 18.5. The number of rotatable bonds is 4. The second-order valence-corrected chi connectivity index (χ2v) is 15.0. The van der Waals surface area contributed by atoms with E-state index in [9.17, 15) is 0 Å². The average molecular weight is 939 g/mol. The molecule has 64 heavy (non-hydrogen) atoms. The summed E-state index contributed by atoms with van der Waals surface area (Å²) in [4.78, 5) is 70.9. The number of para-hydroxylation sites is 1. The zero-order valence-electron chi connectivity index (χ0n) is 33.1. The molecule has 8 bridgehead atoms.